The molecule has 1 atom stereocenters. The Labute approximate surface area is 110 Å². The van der Waals surface area contributed by atoms with Gasteiger partial charge in [0.15, 0.2) is 0 Å². The van der Waals surface area contributed by atoms with Crippen molar-refractivity contribution in [3.05, 3.63) is 35.4 Å². The van der Waals surface area contributed by atoms with Gasteiger partial charge in [-0.05, 0) is 49.3 Å². The maximum atomic E-state index is 9.83. The van der Waals surface area contributed by atoms with Crippen molar-refractivity contribution in [2.24, 2.45) is 5.92 Å². The van der Waals surface area contributed by atoms with Crippen LogP contribution in [0.2, 0.25) is 0 Å². The summed E-state index contributed by atoms with van der Waals surface area (Å²) < 4.78 is 0. The number of aliphatic hydroxyl groups is 1. The van der Waals surface area contributed by atoms with E-state index >= 15 is 0 Å². The van der Waals surface area contributed by atoms with Crippen molar-refractivity contribution in [1.29, 1.82) is 0 Å². The van der Waals surface area contributed by atoms with Gasteiger partial charge in [0.05, 0.1) is 12.1 Å². The molecule has 1 unspecified atom stereocenters. The van der Waals surface area contributed by atoms with Crippen molar-refractivity contribution in [1.82, 2.24) is 5.32 Å². The summed E-state index contributed by atoms with van der Waals surface area (Å²) in [5.41, 5.74) is 2.31. The average Bonchev–Trinajstić information content (AvgIpc) is 3.25. The smallest absolute Gasteiger partial charge is 0.0666 e. The van der Waals surface area contributed by atoms with Crippen molar-refractivity contribution >= 4 is 0 Å². The minimum Gasteiger partial charge on any atom is -0.394 e. The van der Waals surface area contributed by atoms with E-state index < -0.39 is 0 Å². The Hall–Kier alpha value is -0.860. The molecule has 0 bridgehead atoms. The molecule has 2 rings (SSSR count). The lowest BCUT2D eigenvalue weighted by Crippen LogP contribution is -2.46. The molecule has 1 aliphatic carbocycles. The molecule has 2 N–H and O–H groups in total. The molecule has 100 valence electrons. The molecule has 18 heavy (non-hydrogen) atoms. The first-order valence-corrected chi connectivity index (χ1v) is 7.19. The minimum absolute atomic E-state index is 0.168. The Morgan fingerprint density at radius 2 is 1.89 bits per heavy atom. The van der Waals surface area contributed by atoms with Gasteiger partial charge in [-0.1, -0.05) is 38.1 Å². The number of benzene rings is 1. The fraction of sp³-hybridized carbons (Fsp3) is 0.625. The van der Waals surface area contributed by atoms with Crippen LogP contribution in [0.4, 0.5) is 0 Å². The Kier molecular flexibility index (Phi) is 4.41. The first-order chi connectivity index (χ1) is 8.74. The predicted molar refractivity (Wildman–Crippen MR) is 75.6 cm³/mol. The number of hydrogen-bond donors (Lipinski definition) is 2. The van der Waals surface area contributed by atoms with Gasteiger partial charge in [0.1, 0.15) is 0 Å². The van der Waals surface area contributed by atoms with E-state index in [2.05, 4.69) is 43.4 Å². The number of aliphatic hydroxyl groups excluding tert-OH is 1. The molecule has 0 aromatic heterocycles. The van der Waals surface area contributed by atoms with Crippen molar-refractivity contribution in [3.63, 3.8) is 0 Å². The van der Waals surface area contributed by atoms with Crippen LogP contribution >= 0.6 is 0 Å². The molecule has 0 heterocycles. The second-order valence-corrected chi connectivity index (χ2v) is 5.47. The van der Waals surface area contributed by atoms with Crippen LogP contribution < -0.4 is 5.32 Å². The van der Waals surface area contributed by atoms with Crippen LogP contribution in [-0.2, 0) is 12.0 Å². The topological polar surface area (TPSA) is 32.3 Å². The van der Waals surface area contributed by atoms with E-state index in [0.29, 0.717) is 0 Å². The third-order valence-electron chi connectivity index (χ3n) is 4.21. The van der Waals surface area contributed by atoms with Crippen LogP contribution in [0.3, 0.4) is 0 Å². The molecule has 1 aromatic carbocycles. The lowest BCUT2D eigenvalue weighted by molar-refractivity contribution is 0.154. The third-order valence-corrected chi connectivity index (χ3v) is 4.21. The van der Waals surface area contributed by atoms with Gasteiger partial charge in [0.2, 0.25) is 0 Å². The van der Waals surface area contributed by atoms with E-state index in [1.165, 1.54) is 24.0 Å². The highest BCUT2D eigenvalue weighted by molar-refractivity contribution is 5.29. The van der Waals surface area contributed by atoms with Crippen molar-refractivity contribution in [3.8, 4) is 0 Å². The van der Waals surface area contributed by atoms with Crippen LogP contribution in [-0.4, -0.2) is 18.3 Å². The summed E-state index contributed by atoms with van der Waals surface area (Å²) in [5, 5.41) is 13.4. The summed E-state index contributed by atoms with van der Waals surface area (Å²) in [4.78, 5) is 0. The van der Waals surface area contributed by atoms with Gasteiger partial charge >= 0.3 is 0 Å². The van der Waals surface area contributed by atoms with E-state index in [4.69, 9.17) is 0 Å². The minimum atomic E-state index is -0.255. The van der Waals surface area contributed by atoms with Crippen molar-refractivity contribution < 1.29 is 5.11 Å². The van der Waals surface area contributed by atoms with Gasteiger partial charge in [-0.15, -0.1) is 0 Å². The van der Waals surface area contributed by atoms with E-state index in [1.54, 1.807) is 0 Å². The first-order valence-electron chi connectivity index (χ1n) is 7.19. The fourth-order valence-electron chi connectivity index (χ4n) is 2.41. The van der Waals surface area contributed by atoms with Gasteiger partial charge in [0, 0.05) is 0 Å². The van der Waals surface area contributed by atoms with Gasteiger partial charge in [-0.2, -0.15) is 0 Å². The molecule has 0 aliphatic heterocycles. The van der Waals surface area contributed by atoms with Crippen LogP contribution in [0, 0.1) is 5.92 Å². The van der Waals surface area contributed by atoms with Crippen molar-refractivity contribution in [2.75, 3.05) is 13.2 Å². The summed E-state index contributed by atoms with van der Waals surface area (Å²) in [5.74, 6) is 0.831. The molecule has 1 saturated carbocycles. The standard InChI is InChI=1S/C16H25NO/c1-3-13-7-9-15(10-8-13)16(4-2,12-18)17-11-14-5-6-14/h7-10,14,17-18H,3-6,11-12H2,1-2H3. The van der Waals surface area contributed by atoms with Crippen LogP contribution in [0.15, 0.2) is 24.3 Å². The molecule has 0 saturated heterocycles. The molecular weight excluding hydrogens is 222 g/mol. The van der Waals surface area contributed by atoms with E-state index in [1.807, 2.05) is 0 Å². The Morgan fingerprint density at radius 3 is 2.33 bits per heavy atom. The normalized spacial score (nSPS) is 18.6. The summed E-state index contributed by atoms with van der Waals surface area (Å²) in [6, 6.07) is 8.68. The lowest BCUT2D eigenvalue weighted by atomic mass is 9.87. The maximum absolute atomic E-state index is 9.83. The highest BCUT2D eigenvalue weighted by Gasteiger charge is 2.31. The number of hydrogen-bond acceptors (Lipinski definition) is 2. The highest BCUT2D eigenvalue weighted by Crippen LogP contribution is 2.31. The summed E-state index contributed by atoms with van der Waals surface area (Å²) >= 11 is 0. The quantitative estimate of drug-likeness (QED) is 0.776. The maximum Gasteiger partial charge on any atom is 0.0666 e. The number of rotatable bonds is 7. The van der Waals surface area contributed by atoms with Crippen molar-refractivity contribution in [2.45, 2.75) is 45.1 Å². The molecule has 1 aromatic rings. The molecule has 1 aliphatic rings. The molecule has 0 amide bonds. The Morgan fingerprint density at radius 1 is 1.22 bits per heavy atom. The SMILES string of the molecule is CCc1ccc(C(CC)(CO)NCC2CC2)cc1. The monoisotopic (exact) mass is 247 g/mol. The number of nitrogens with one attached hydrogen (secondary N) is 1. The Bertz CT molecular complexity index is 363. The predicted octanol–water partition coefficient (Wildman–Crippen LogP) is 2.85. The summed E-state index contributed by atoms with van der Waals surface area (Å²) in [6.45, 7) is 5.51. The lowest BCUT2D eigenvalue weighted by Gasteiger charge is -2.33. The third kappa shape index (κ3) is 2.93. The fourth-order valence-corrected chi connectivity index (χ4v) is 2.41. The Balaban J connectivity index is 2.14. The summed E-state index contributed by atoms with van der Waals surface area (Å²) in [6.07, 6.45) is 4.66. The molecule has 0 radical (unpaired) electrons. The van der Waals surface area contributed by atoms with Gasteiger partial charge in [-0.3, -0.25) is 0 Å². The zero-order valence-electron chi connectivity index (χ0n) is 11.6. The molecule has 2 nitrogen and oxygen atoms in total. The molecule has 1 fully saturated rings. The van der Waals surface area contributed by atoms with E-state index in [0.717, 1.165) is 25.3 Å². The number of aryl methyl sites for hydroxylation is 1. The molecule has 0 spiro atoms. The van der Waals surface area contributed by atoms with Gasteiger partial charge in [0.25, 0.3) is 0 Å². The highest BCUT2D eigenvalue weighted by atomic mass is 16.3. The zero-order valence-corrected chi connectivity index (χ0v) is 11.6. The van der Waals surface area contributed by atoms with E-state index in [-0.39, 0.29) is 12.1 Å². The second kappa shape index (κ2) is 5.85. The largest absolute Gasteiger partial charge is 0.394 e. The van der Waals surface area contributed by atoms with Gasteiger partial charge in [-0.25, -0.2) is 0 Å². The van der Waals surface area contributed by atoms with E-state index in [9.17, 15) is 5.11 Å². The second-order valence-electron chi connectivity index (χ2n) is 5.47. The molecule has 2 heteroatoms. The zero-order chi connectivity index (χ0) is 13.0. The molecular formula is C16H25NO. The van der Waals surface area contributed by atoms with Gasteiger partial charge < -0.3 is 10.4 Å². The first kappa shape index (κ1) is 13.6. The van der Waals surface area contributed by atoms with Crippen LogP contribution in [0.1, 0.15) is 44.2 Å². The van der Waals surface area contributed by atoms with Crippen LogP contribution in [0.5, 0.6) is 0 Å². The average molecular weight is 247 g/mol. The van der Waals surface area contributed by atoms with Crippen LogP contribution in [0.25, 0.3) is 0 Å². The summed E-state index contributed by atoms with van der Waals surface area (Å²) in [7, 11) is 0.